The largest absolute Gasteiger partial charge is 0.348 e. The molecule has 0 bridgehead atoms. The topological polar surface area (TPSA) is 66.5 Å². The minimum atomic E-state index is -3.53. The summed E-state index contributed by atoms with van der Waals surface area (Å²) in [5.74, 6) is -0.262. The van der Waals surface area contributed by atoms with Gasteiger partial charge >= 0.3 is 0 Å². The molecule has 5 nitrogen and oxygen atoms in total. The number of sulfonamides is 1. The summed E-state index contributed by atoms with van der Waals surface area (Å²) in [5.41, 5.74) is 3.30. The van der Waals surface area contributed by atoms with Crippen LogP contribution in [0.4, 0.5) is 0 Å². The maximum absolute atomic E-state index is 12.7. The smallest absolute Gasteiger partial charge is 0.251 e. The van der Waals surface area contributed by atoms with Crippen molar-refractivity contribution in [3.8, 4) is 0 Å². The lowest BCUT2D eigenvalue weighted by Crippen LogP contribution is -2.29. The van der Waals surface area contributed by atoms with Crippen LogP contribution in [0.15, 0.2) is 47.4 Å². The lowest BCUT2D eigenvalue weighted by Gasteiger charge is -2.17. The zero-order chi connectivity index (χ0) is 18.7. The van der Waals surface area contributed by atoms with Gasteiger partial charge in [0.25, 0.3) is 5.91 Å². The molecule has 1 aliphatic rings. The van der Waals surface area contributed by atoms with Gasteiger partial charge in [-0.05, 0) is 49.9 Å². The highest BCUT2D eigenvalue weighted by molar-refractivity contribution is 7.89. The van der Waals surface area contributed by atoms with Crippen LogP contribution in [0, 0.1) is 13.8 Å². The van der Waals surface area contributed by atoms with E-state index in [1.807, 2.05) is 38.1 Å². The fraction of sp³-hybridized carbons (Fsp3) is 0.350. The predicted octanol–water partition coefficient (Wildman–Crippen LogP) is 3.02. The van der Waals surface area contributed by atoms with Gasteiger partial charge in [-0.15, -0.1) is 0 Å². The molecule has 1 fully saturated rings. The third kappa shape index (κ3) is 3.97. The summed E-state index contributed by atoms with van der Waals surface area (Å²) in [6.45, 7) is 5.31. The van der Waals surface area contributed by atoms with Crippen molar-refractivity contribution in [2.75, 3.05) is 13.1 Å². The number of nitrogens with zero attached hydrogens (tertiary/aromatic N) is 1. The summed E-state index contributed by atoms with van der Waals surface area (Å²) in [6, 6.07) is 12.7. The van der Waals surface area contributed by atoms with Crippen LogP contribution >= 0.6 is 0 Å². The molecule has 0 spiro atoms. The van der Waals surface area contributed by atoms with Gasteiger partial charge in [0.2, 0.25) is 10.0 Å². The van der Waals surface area contributed by atoms with Crippen molar-refractivity contribution >= 4 is 15.9 Å². The molecule has 0 atom stereocenters. The van der Waals surface area contributed by atoms with E-state index < -0.39 is 10.0 Å². The SMILES string of the molecule is Cc1cccc(CNC(=O)c2cc(S(=O)(=O)N3CCCC3)ccc2C)c1. The second-order valence-corrected chi connectivity index (χ2v) is 8.70. The number of nitrogens with one attached hydrogen (secondary N) is 1. The van der Waals surface area contributed by atoms with Crippen LogP contribution in [0.3, 0.4) is 0 Å². The molecule has 0 saturated carbocycles. The van der Waals surface area contributed by atoms with Crippen molar-refractivity contribution in [2.24, 2.45) is 0 Å². The lowest BCUT2D eigenvalue weighted by atomic mass is 10.1. The molecule has 1 heterocycles. The van der Waals surface area contributed by atoms with Crippen LogP contribution in [0.5, 0.6) is 0 Å². The quantitative estimate of drug-likeness (QED) is 0.877. The van der Waals surface area contributed by atoms with Crippen molar-refractivity contribution in [3.63, 3.8) is 0 Å². The number of aryl methyl sites for hydroxylation is 2. The van der Waals surface area contributed by atoms with Gasteiger partial charge in [0.1, 0.15) is 0 Å². The molecule has 26 heavy (non-hydrogen) atoms. The lowest BCUT2D eigenvalue weighted by molar-refractivity contribution is 0.0950. The fourth-order valence-corrected chi connectivity index (χ4v) is 4.73. The summed E-state index contributed by atoms with van der Waals surface area (Å²) in [4.78, 5) is 12.8. The average molecular weight is 372 g/mol. The van der Waals surface area contributed by atoms with Gasteiger partial charge in [-0.25, -0.2) is 8.42 Å². The second-order valence-electron chi connectivity index (χ2n) is 6.76. The van der Waals surface area contributed by atoms with Gasteiger partial charge < -0.3 is 5.32 Å². The van der Waals surface area contributed by atoms with Crippen LogP contribution in [0.2, 0.25) is 0 Å². The number of rotatable bonds is 5. The van der Waals surface area contributed by atoms with Gasteiger partial charge in [-0.1, -0.05) is 35.9 Å². The Morgan fingerprint density at radius 1 is 1.08 bits per heavy atom. The Kier molecular flexibility index (Phi) is 5.44. The minimum Gasteiger partial charge on any atom is -0.348 e. The first-order valence-electron chi connectivity index (χ1n) is 8.82. The van der Waals surface area contributed by atoms with E-state index in [0.29, 0.717) is 25.2 Å². The monoisotopic (exact) mass is 372 g/mol. The Hall–Kier alpha value is -2.18. The van der Waals surface area contributed by atoms with Crippen LogP contribution < -0.4 is 5.32 Å². The Morgan fingerprint density at radius 2 is 1.81 bits per heavy atom. The summed E-state index contributed by atoms with van der Waals surface area (Å²) in [7, 11) is -3.53. The highest BCUT2D eigenvalue weighted by atomic mass is 32.2. The van der Waals surface area contributed by atoms with E-state index in [2.05, 4.69) is 5.32 Å². The zero-order valence-electron chi connectivity index (χ0n) is 15.2. The van der Waals surface area contributed by atoms with Crippen LogP contribution in [-0.4, -0.2) is 31.7 Å². The number of hydrogen-bond donors (Lipinski definition) is 1. The molecule has 1 amide bonds. The number of benzene rings is 2. The van der Waals surface area contributed by atoms with E-state index in [1.165, 1.54) is 10.4 Å². The second kappa shape index (κ2) is 7.60. The fourth-order valence-electron chi connectivity index (χ4n) is 3.18. The van der Waals surface area contributed by atoms with Crippen molar-refractivity contribution in [3.05, 3.63) is 64.7 Å². The highest BCUT2D eigenvalue weighted by Gasteiger charge is 2.28. The average Bonchev–Trinajstić information content (AvgIpc) is 3.15. The molecule has 0 unspecified atom stereocenters. The maximum Gasteiger partial charge on any atom is 0.251 e. The van der Waals surface area contributed by atoms with E-state index in [1.54, 1.807) is 12.1 Å². The molecule has 3 rings (SSSR count). The van der Waals surface area contributed by atoms with E-state index in [4.69, 9.17) is 0 Å². The first-order valence-corrected chi connectivity index (χ1v) is 10.3. The highest BCUT2D eigenvalue weighted by Crippen LogP contribution is 2.23. The number of amides is 1. The third-order valence-electron chi connectivity index (χ3n) is 4.69. The molecular weight excluding hydrogens is 348 g/mol. The first kappa shape index (κ1) is 18.6. The zero-order valence-corrected chi connectivity index (χ0v) is 16.0. The third-order valence-corrected chi connectivity index (χ3v) is 6.59. The molecule has 6 heteroatoms. The van der Waals surface area contributed by atoms with E-state index >= 15 is 0 Å². The van der Waals surface area contributed by atoms with Crippen LogP contribution in [0.25, 0.3) is 0 Å². The molecule has 1 saturated heterocycles. The molecule has 138 valence electrons. The molecule has 1 aliphatic heterocycles. The molecular formula is C20H24N2O3S. The molecule has 0 aliphatic carbocycles. The summed E-state index contributed by atoms with van der Waals surface area (Å²) in [5, 5.41) is 2.88. The number of hydrogen-bond acceptors (Lipinski definition) is 3. The Labute approximate surface area is 155 Å². The first-order chi connectivity index (χ1) is 12.4. The predicted molar refractivity (Wildman–Crippen MR) is 102 cm³/mol. The molecule has 2 aromatic carbocycles. The molecule has 0 radical (unpaired) electrons. The number of carbonyl (C=O) groups is 1. The molecule has 1 N–H and O–H groups in total. The van der Waals surface area contributed by atoms with E-state index in [-0.39, 0.29) is 10.8 Å². The van der Waals surface area contributed by atoms with E-state index in [0.717, 1.165) is 29.5 Å². The summed E-state index contributed by atoms with van der Waals surface area (Å²) in [6.07, 6.45) is 1.77. The van der Waals surface area contributed by atoms with Gasteiger partial charge in [-0.3, -0.25) is 4.79 Å². The summed E-state index contributed by atoms with van der Waals surface area (Å²) >= 11 is 0. The normalized spacial score (nSPS) is 15.2. The Bertz CT molecular complexity index is 916. The molecule has 0 aromatic heterocycles. The van der Waals surface area contributed by atoms with E-state index in [9.17, 15) is 13.2 Å². The van der Waals surface area contributed by atoms with Crippen molar-refractivity contribution in [1.29, 1.82) is 0 Å². The minimum absolute atomic E-state index is 0.186. The Morgan fingerprint density at radius 3 is 2.50 bits per heavy atom. The van der Waals surface area contributed by atoms with Gasteiger partial charge in [0.15, 0.2) is 0 Å². The van der Waals surface area contributed by atoms with Crippen molar-refractivity contribution in [2.45, 2.75) is 38.1 Å². The van der Waals surface area contributed by atoms with Gasteiger partial charge in [-0.2, -0.15) is 4.31 Å². The van der Waals surface area contributed by atoms with Crippen LogP contribution in [-0.2, 0) is 16.6 Å². The van der Waals surface area contributed by atoms with Crippen LogP contribution in [0.1, 0.15) is 39.9 Å². The van der Waals surface area contributed by atoms with Crippen molar-refractivity contribution < 1.29 is 13.2 Å². The van der Waals surface area contributed by atoms with Crippen molar-refractivity contribution in [1.82, 2.24) is 9.62 Å². The number of carbonyl (C=O) groups excluding carboxylic acids is 1. The standard InChI is InChI=1S/C20H24N2O3S/c1-15-6-5-7-17(12-15)14-21-20(23)19-13-18(9-8-16(19)2)26(24,25)22-10-3-4-11-22/h5-9,12-13H,3-4,10-11,14H2,1-2H3,(H,21,23). The van der Waals surface area contributed by atoms with Gasteiger partial charge in [0.05, 0.1) is 4.90 Å². The maximum atomic E-state index is 12.7. The summed E-state index contributed by atoms with van der Waals surface area (Å²) < 4.78 is 27.0. The molecule has 2 aromatic rings. The van der Waals surface area contributed by atoms with Gasteiger partial charge in [0, 0.05) is 25.2 Å². The Balaban J connectivity index is 1.79.